The van der Waals surface area contributed by atoms with E-state index in [2.05, 4.69) is 5.32 Å². The predicted octanol–water partition coefficient (Wildman–Crippen LogP) is 2.78. The molecule has 0 spiro atoms. The Labute approximate surface area is 101 Å². The third kappa shape index (κ3) is 4.68. The second kappa shape index (κ2) is 4.99. The molecule has 0 aromatic heterocycles. The number of nitrogens with one attached hydrogen (secondary N) is 1. The van der Waals surface area contributed by atoms with Gasteiger partial charge in [0.05, 0.1) is 0 Å². The van der Waals surface area contributed by atoms with Crippen molar-refractivity contribution in [2.45, 2.75) is 33.2 Å². The molecule has 1 aromatic carbocycles. The Kier molecular flexibility index (Phi) is 3.89. The number of amides is 1. The molecule has 0 unspecified atom stereocenters. The molecule has 0 radical (unpaired) electrons. The molecule has 0 fully saturated rings. The van der Waals surface area contributed by atoms with E-state index in [4.69, 9.17) is 4.74 Å². The van der Waals surface area contributed by atoms with Crippen LogP contribution in [0.3, 0.4) is 0 Å². The summed E-state index contributed by atoms with van der Waals surface area (Å²) in [5, 5.41) is 2.67. The first-order valence-corrected chi connectivity index (χ1v) is 5.39. The zero-order chi connectivity index (χ0) is 13.1. The number of hydrogen-bond acceptors (Lipinski definition) is 3. The van der Waals surface area contributed by atoms with Gasteiger partial charge in [0.2, 0.25) is 0 Å². The lowest BCUT2D eigenvalue weighted by molar-refractivity contribution is 0.101. The Morgan fingerprint density at radius 3 is 2.41 bits per heavy atom. The summed E-state index contributed by atoms with van der Waals surface area (Å²) in [5.74, 6) is 0.297. The molecule has 0 atom stereocenters. The minimum absolute atomic E-state index is 0.0633. The van der Waals surface area contributed by atoms with Crippen LogP contribution in [0.1, 0.15) is 38.1 Å². The minimum atomic E-state index is -0.529. The average molecular weight is 235 g/mol. The van der Waals surface area contributed by atoms with Gasteiger partial charge >= 0.3 is 6.09 Å². The van der Waals surface area contributed by atoms with Gasteiger partial charge in [-0.1, -0.05) is 12.1 Å². The lowest BCUT2D eigenvalue weighted by atomic mass is 10.1. The molecule has 4 heteroatoms. The molecular formula is C13H17NO3. The summed E-state index contributed by atoms with van der Waals surface area (Å²) >= 11 is 0. The van der Waals surface area contributed by atoms with Crippen LogP contribution in [0, 0.1) is 0 Å². The van der Waals surface area contributed by atoms with Gasteiger partial charge in [-0.15, -0.1) is 0 Å². The second-order valence-electron chi connectivity index (χ2n) is 4.85. The summed E-state index contributed by atoms with van der Waals surface area (Å²) in [6.45, 7) is 7.05. The normalized spacial score (nSPS) is 10.8. The van der Waals surface area contributed by atoms with E-state index in [1.165, 1.54) is 6.92 Å². The fraction of sp³-hybridized carbons (Fsp3) is 0.385. The standard InChI is InChI=1S/C13H17NO3/c1-9(15)10-6-5-7-11(8-10)17-12(16)14-13(2,3)4/h5-8H,1-4H3,(H,14,16). The van der Waals surface area contributed by atoms with Crippen LogP contribution in [-0.2, 0) is 0 Å². The second-order valence-corrected chi connectivity index (χ2v) is 4.85. The fourth-order valence-electron chi connectivity index (χ4n) is 1.22. The zero-order valence-electron chi connectivity index (χ0n) is 10.5. The molecule has 0 aliphatic rings. The van der Waals surface area contributed by atoms with Gasteiger partial charge in [0.25, 0.3) is 0 Å². The van der Waals surface area contributed by atoms with E-state index in [0.717, 1.165) is 0 Å². The maximum Gasteiger partial charge on any atom is 0.413 e. The Balaban J connectivity index is 2.72. The summed E-state index contributed by atoms with van der Waals surface area (Å²) in [6, 6.07) is 6.53. The van der Waals surface area contributed by atoms with Gasteiger partial charge in [-0.05, 0) is 39.8 Å². The molecule has 1 aromatic rings. The average Bonchev–Trinajstić information content (AvgIpc) is 2.14. The van der Waals surface area contributed by atoms with E-state index in [0.29, 0.717) is 11.3 Å². The molecule has 0 heterocycles. The molecule has 1 N–H and O–H groups in total. The molecule has 0 bridgehead atoms. The molecule has 0 aliphatic heterocycles. The summed E-state index contributed by atoms with van der Waals surface area (Å²) in [6.07, 6.45) is -0.529. The van der Waals surface area contributed by atoms with Gasteiger partial charge in [0, 0.05) is 11.1 Å². The number of carbonyl (C=O) groups excluding carboxylic acids is 2. The first-order valence-electron chi connectivity index (χ1n) is 5.39. The number of benzene rings is 1. The smallest absolute Gasteiger partial charge is 0.410 e. The van der Waals surface area contributed by atoms with E-state index in [-0.39, 0.29) is 11.3 Å². The van der Waals surface area contributed by atoms with E-state index in [9.17, 15) is 9.59 Å². The highest BCUT2D eigenvalue weighted by Crippen LogP contribution is 2.14. The van der Waals surface area contributed by atoms with Gasteiger partial charge < -0.3 is 10.1 Å². The molecule has 17 heavy (non-hydrogen) atoms. The summed E-state index contributed by atoms with van der Waals surface area (Å²) in [4.78, 5) is 22.6. The van der Waals surface area contributed by atoms with E-state index < -0.39 is 6.09 Å². The predicted molar refractivity (Wildman–Crippen MR) is 65.4 cm³/mol. The molecule has 1 rings (SSSR count). The van der Waals surface area contributed by atoms with E-state index in [1.54, 1.807) is 24.3 Å². The van der Waals surface area contributed by atoms with Crippen LogP contribution in [0.4, 0.5) is 4.79 Å². The van der Waals surface area contributed by atoms with Crippen molar-refractivity contribution in [3.63, 3.8) is 0 Å². The lowest BCUT2D eigenvalue weighted by Crippen LogP contribution is -2.42. The number of ether oxygens (including phenoxy) is 1. The molecular weight excluding hydrogens is 218 g/mol. The van der Waals surface area contributed by atoms with Gasteiger partial charge in [-0.25, -0.2) is 4.79 Å². The number of Topliss-reactive ketones (excluding diaryl/α,β-unsaturated/α-hetero) is 1. The molecule has 4 nitrogen and oxygen atoms in total. The van der Waals surface area contributed by atoms with Gasteiger partial charge in [0.1, 0.15) is 5.75 Å². The molecule has 92 valence electrons. The van der Waals surface area contributed by atoms with Crippen molar-refractivity contribution >= 4 is 11.9 Å². The van der Waals surface area contributed by atoms with Crippen molar-refractivity contribution in [2.24, 2.45) is 0 Å². The number of ketones is 1. The minimum Gasteiger partial charge on any atom is -0.410 e. The molecule has 1 amide bonds. The lowest BCUT2D eigenvalue weighted by Gasteiger charge is -2.19. The third-order valence-corrected chi connectivity index (χ3v) is 1.93. The quantitative estimate of drug-likeness (QED) is 0.802. The molecule has 0 saturated carbocycles. The Morgan fingerprint density at radius 2 is 1.88 bits per heavy atom. The Hall–Kier alpha value is -1.84. The maximum atomic E-state index is 11.5. The highest BCUT2D eigenvalue weighted by molar-refractivity contribution is 5.94. The Morgan fingerprint density at radius 1 is 1.24 bits per heavy atom. The maximum absolute atomic E-state index is 11.5. The van der Waals surface area contributed by atoms with Gasteiger partial charge in [-0.3, -0.25) is 4.79 Å². The van der Waals surface area contributed by atoms with Crippen LogP contribution < -0.4 is 10.1 Å². The monoisotopic (exact) mass is 235 g/mol. The van der Waals surface area contributed by atoms with Crippen molar-refractivity contribution in [1.82, 2.24) is 5.32 Å². The van der Waals surface area contributed by atoms with Crippen LogP contribution in [0.2, 0.25) is 0 Å². The summed E-state index contributed by atoms with van der Waals surface area (Å²) in [7, 11) is 0. The number of carbonyl (C=O) groups is 2. The zero-order valence-corrected chi connectivity index (χ0v) is 10.5. The summed E-state index contributed by atoms with van der Waals surface area (Å²) in [5.41, 5.74) is 0.168. The van der Waals surface area contributed by atoms with Gasteiger partial charge in [0.15, 0.2) is 5.78 Å². The van der Waals surface area contributed by atoms with Crippen LogP contribution >= 0.6 is 0 Å². The third-order valence-electron chi connectivity index (χ3n) is 1.93. The SMILES string of the molecule is CC(=O)c1cccc(OC(=O)NC(C)(C)C)c1. The van der Waals surface area contributed by atoms with Crippen molar-refractivity contribution in [3.8, 4) is 5.75 Å². The van der Waals surface area contributed by atoms with Crippen LogP contribution in [-0.4, -0.2) is 17.4 Å². The van der Waals surface area contributed by atoms with Crippen LogP contribution in [0.15, 0.2) is 24.3 Å². The molecule has 0 aliphatic carbocycles. The molecule has 0 saturated heterocycles. The van der Waals surface area contributed by atoms with Crippen LogP contribution in [0.25, 0.3) is 0 Å². The first-order chi connectivity index (χ1) is 7.78. The van der Waals surface area contributed by atoms with Crippen molar-refractivity contribution in [3.05, 3.63) is 29.8 Å². The van der Waals surface area contributed by atoms with E-state index >= 15 is 0 Å². The largest absolute Gasteiger partial charge is 0.413 e. The van der Waals surface area contributed by atoms with Crippen molar-refractivity contribution < 1.29 is 14.3 Å². The van der Waals surface area contributed by atoms with Crippen LogP contribution in [0.5, 0.6) is 5.75 Å². The number of hydrogen-bond donors (Lipinski definition) is 1. The first kappa shape index (κ1) is 13.2. The van der Waals surface area contributed by atoms with E-state index in [1.807, 2.05) is 20.8 Å². The van der Waals surface area contributed by atoms with Gasteiger partial charge in [-0.2, -0.15) is 0 Å². The van der Waals surface area contributed by atoms with Crippen molar-refractivity contribution in [1.29, 1.82) is 0 Å². The fourth-order valence-corrected chi connectivity index (χ4v) is 1.22. The number of rotatable bonds is 2. The Bertz CT molecular complexity index is 433. The highest BCUT2D eigenvalue weighted by Gasteiger charge is 2.15. The van der Waals surface area contributed by atoms with Crippen molar-refractivity contribution in [2.75, 3.05) is 0 Å². The summed E-state index contributed by atoms with van der Waals surface area (Å²) < 4.78 is 5.08. The topological polar surface area (TPSA) is 55.4 Å². The highest BCUT2D eigenvalue weighted by atomic mass is 16.6.